The van der Waals surface area contributed by atoms with E-state index in [0.717, 1.165) is 168 Å². The maximum absolute atomic E-state index is 7.19. The van der Waals surface area contributed by atoms with Gasteiger partial charge in [-0.1, -0.05) is 231 Å². The first-order valence-electron chi connectivity index (χ1n) is 37.6. The molecule has 20 aromatic carbocycles. The van der Waals surface area contributed by atoms with Crippen LogP contribution in [0, 0.1) is 0 Å². The predicted molar refractivity (Wildman–Crippen MR) is 462 cm³/mol. The number of hydrogen-bond acceptors (Lipinski definition) is 6. The Hall–Kier alpha value is -14.7. The lowest BCUT2D eigenvalue weighted by Crippen LogP contribution is -2.11. The Balaban J connectivity index is 0.629. The van der Waals surface area contributed by atoms with Crippen molar-refractivity contribution in [1.29, 1.82) is 0 Å². The van der Waals surface area contributed by atoms with E-state index < -0.39 is 0 Å². The Kier molecular flexibility index (Phi) is 14.5. The highest BCUT2D eigenvalue weighted by molar-refractivity contribution is 6.28. The lowest BCUT2D eigenvalue weighted by Gasteiger charge is -2.30. The molecule has 0 atom stereocenters. The molecule has 20 aromatic rings. The van der Waals surface area contributed by atoms with Gasteiger partial charge in [0.2, 0.25) is 0 Å². The minimum absolute atomic E-state index is 0.807. The molecule has 2 aliphatic heterocycles. The van der Waals surface area contributed by atoms with Gasteiger partial charge in [-0.25, -0.2) is 0 Å². The summed E-state index contributed by atoms with van der Waals surface area (Å²) < 4.78 is 14.2. The van der Waals surface area contributed by atoms with Crippen LogP contribution in [0.3, 0.4) is 0 Å². The second kappa shape index (κ2) is 25.5. The molecule has 0 aromatic heterocycles. The third-order valence-corrected chi connectivity index (χ3v) is 22.4. The summed E-state index contributed by atoms with van der Waals surface area (Å²) in [6.07, 6.45) is 0. The normalized spacial score (nSPS) is 12.0. The van der Waals surface area contributed by atoms with Crippen molar-refractivity contribution in [3.63, 3.8) is 0 Å². The van der Waals surface area contributed by atoms with Gasteiger partial charge in [0.05, 0.1) is 11.4 Å². The highest BCUT2D eigenvalue weighted by atomic mass is 16.5. The highest BCUT2D eigenvalue weighted by Crippen LogP contribution is 2.56. The number of rotatable bonds is 13. The SMILES string of the molecule is c1ccc(N(c2ccccc2)c2ccc3c(c2)Oc2cccc4c2c-3cc2c3ccccc3c(N(c3ccccc3)c3cccc(-c5cccc6cc(N(c7ccccc7)c7ccc8c(c7)Oc7cccc9c7c-8cc7c8ccccc8c(N(c8ccccc8)c8ccc%10ccccc%10c8)cc97)ccc56)c3)cc42)cc1. The van der Waals surface area contributed by atoms with Gasteiger partial charge in [0.25, 0.3) is 0 Å². The van der Waals surface area contributed by atoms with Gasteiger partial charge in [0, 0.05) is 102 Å². The first-order valence-corrected chi connectivity index (χ1v) is 37.6. The fourth-order valence-electron chi connectivity index (χ4n) is 17.6. The molecule has 6 heteroatoms. The van der Waals surface area contributed by atoms with Crippen LogP contribution in [0.2, 0.25) is 0 Å². The van der Waals surface area contributed by atoms with Gasteiger partial charge in [0.15, 0.2) is 0 Å². The van der Waals surface area contributed by atoms with E-state index in [2.05, 4.69) is 420 Å². The van der Waals surface area contributed by atoms with E-state index in [4.69, 9.17) is 9.47 Å². The fraction of sp³-hybridized carbons (Fsp3) is 0. The molecule has 0 amide bonds. The third-order valence-electron chi connectivity index (χ3n) is 22.4. The molecule has 2 heterocycles. The zero-order valence-corrected chi connectivity index (χ0v) is 59.7. The van der Waals surface area contributed by atoms with Gasteiger partial charge in [-0.3, -0.25) is 0 Å². The van der Waals surface area contributed by atoms with Crippen LogP contribution in [0.25, 0.3) is 120 Å². The maximum atomic E-state index is 7.19. The average Bonchev–Trinajstić information content (AvgIpc) is 0.716. The Morgan fingerprint density at radius 2 is 0.509 bits per heavy atom. The molecule has 0 bridgehead atoms. The number of para-hydroxylation sites is 5. The number of benzene rings is 20. The van der Waals surface area contributed by atoms with E-state index in [1.165, 1.54) is 43.1 Å². The van der Waals surface area contributed by atoms with Gasteiger partial charge >= 0.3 is 0 Å². The van der Waals surface area contributed by atoms with E-state index in [1.807, 2.05) is 0 Å². The Morgan fingerprint density at radius 1 is 0.155 bits per heavy atom. The molecule has 6 nitrogen and oxygen atoms in total. The van der Waals surface area contributed by atoms with Crippen LogP contribution in [-0.2, 0) is 0 Å². The van der Waals surface area contributed by atoms with Crippen molar-refractivity contribution in [3.8, 4) is 56.4 Å². The molecular formula is C104H66N4O2. The van der Waals surface area contributed by atoms with Crippen molar-refractivity contribution in [2.75, 3.05) is 19.6 Å². The van der Waals surface area contributed by atoms with E-state index in [0.29, 0.717) is 0 Å². The van der Waals surface area contributed by atoms with E-state index >= 15 is 0 Å². The van der Waals surface area contributed by atoms with Crippen molar-refractivity contribution >= 4 is 154 Å². The van der Waals surface area contributed by atoms with Crippen LogP contribution in [0.15, 0.2) is 400 Å². The topological polar surface area (TPSA) is 31.4 Å². The maximum Gasteiger partial charge on any atom is 0.137 e. The molecule has 0 saturated carbocycles. The van der Waals surface area contributed by atoms with Gasteiger partial charge in [0.1, 0.15) is 23.0 Å². The second-order valence-corrected chi connectivity index (χ2v) is 28.7. The van der Waals surface area contributed by atoms with Crippen molar-refractivity contribution in [3.05, 3.63) is 400 Å². The first kappa shape index (κ1) is 62.6. The summed E-state index contributed by atoms with van der Waals surface area (Å²) in [4.78, 5) is 9.50. The number of anilines is 12. The fourth-order valence-corrected chi connectivity index (χ4v) is 17.6. The molecule has 2 aliphatic rings. The number of ether oxygens (including phenoxy) is 2. The molecule has 0 N–H and O–H groups in total. The molecule has 0 unspecified atom stereocenters. The van der Waals surface area contributed by atoms with E-state index in [9.17, 15) is 0 Å². The number of hydrogen-bond donors (Lipinski definition) is 0. The number of fused-ring (bicyclic) bond motifs is 14. The van der Waals surface area contributed by atoms with Crippen LogP contribution in [0.1, 0.15) is 0 Å². The minimum Gasteiger partial charge on any atom is -0.456 e. The van der Waals surface area contributed by atoms with Crippen molar-refractivity contribution in [2.45, 2.75) is 0 Å². The summed E-state index contributed by atoms with van der Waals surface area (Å²) in [6, 6.07) is 145. The summed E-state index contributed by atoms with van der Waals surface area (Å²) >= 11 is 0. The lowest BCUT2D eigenvalue weighted by atomic mass is 9.88. The highest BCUT2D eigenvalue weighted by Gasteiger charge is 2.30. The Labute approximate surface area is 636 Å². The Bertz CT molecular complexity index is 7070. The third kappa shape index (κ3) is 10.3. The van der Waals surface area contributed by atoms with Crippen molar-refractivity contribution < 1.29 is 9.47 Å². The largest absolute Gasteiger partial charge is 0.456 e. The van der Waals surface area contributed by atoms with Crippen LogP contribution in [0.4, 0.5) is 68.2 Å². The summed E-state index contributed by atoms with van der Waals surface area (Å²) in [5.74, 6) is 3.31. The van der Waals surface area contributed by atoms with Gasteiger partial charge in [-0.05, 0) is 245 Å². The number of nitrogens with zero attached hydrogens (tertiary/aromatic N) is 4. The summed E-state index contributed by atoms with van der Waals surface area (Å²) in [5.41, 5.74) is 19.4. The van der Waals surface area contributed by atoms with Gasteiger partial charge in [-0.15, -0.1) is 0 Å². The van der Waals surface area contributed by atoms with Gasteiger partial charge in [-0.2, -0.15) is 0 Å². The van der Waals surface area contributed by atoms with Gasteiger partial charge < -0.3 is 29.1 Å². The minimum atomic E-state index is 0.807. The molecule has 0 spiro atoms. The molecule has 0 aliphatic carbocycles. The molecule has 514 valence electrons. The standard InChI is InChI=1S/C104H66N4O2/c1-6-30-71(31-7-1)105(72-32-8-2-9-33-72)79-53-56-87-95-63-91-83-41-18-20-43-85(83)97(65-93(91)89-46-24-48-99(103(89)95)109-101(87)61-79)107(74-36-12-4-13-37-74)76-40-22-28-69(59-76)81-45-23-29-70-60-77(52-55-82(70)81)106(73-34-10-3-11-35-73)80-54-57-88-96-64-92-84-42-19-21-44-86(84)98(66-94(92)90-47-25-49-100(104(90)96)110-102(88)62-80)108(75-38-14-5-15-39-75)78-51-50-67-26-16-17-27-68(67)58-78/h1-66H. The summed E-state index contributed by atoms with van der Waals surface area (Å²) in [6.45, 7) is 0. The van der Waals surface area contributed by atoms with Crippen molar-refractivity contribution in [1.82, 2.24) is 0 Å². The monoisotopic (exact) mass is 1400 g/mol. The predicted octanol–water partition coefficient (Wildman–Crippen LogP) is 30.0. The smallest absolute Gasteiger partial charge is 0.137 e. The van der Waals surface area contributed by atoms with Crippen LogP contribution < -0.4 is 29.1 Å². The molecule has 22 rings (SSSR count). The quantitative estimate of drug-likeness (QED) is 0.107. The molecule has 0 fully saturated rings. The summed E-state index contributed by atoms with van der Waals surface area (Å²) in [5, 5.41) is 18.6. The molecular weight excluding hydrogens is 1340 g/mol. The Morgan fingerprint density at radius 3 is 1.03 bits per heavy atom. The zero-order chi connectivity index (χ0) is 72.3. The van der Waals surface area contributed by atoms with Crippen molar-refractivity contribution in [2.24, 2.45) is 0 Å². The molecule has 0 radical (unpaired) electrons. The lowest BCUT2D eigenvalue weighted by molar-refractivity contribution is 0.487. The summed E-state index contributed by atoms with van der Waals surface area (Å²) in [7, 11) is 0. The second-order valence-electron chi connectivity index (χ2n) is 28.7. The molecule has 110 heavy (non-hydrogen) atoms. The van der Waals surface area contributed by atoms with Crippen LogP contribution in [0.5, 0.6) is 23.0 Å². The van der Waals surface area contributed by atoms with Crippen LogP contribution in [-0.4, -0.2) is 0 Å². The average molecular weight is 1400 g/mol. The van der Waals surface area contributed by atoms with E-state index in [-0.39, 0.29) is 0 Å². The van der Waals surface area contributed by atoms with Crippen LogP contribution >= 0.6 is 0 Å². The molecule has 0 saturated heterocycles. The zero-order valence-electron chi connectivity index (χ0n) is 59.7. The van der Waals surface area contributed by atoms with E-state index in [1.54, 1.807) is 0 Å². The first-order chi connectivity index (χ1) is 54.5.